The Morgan fingerprint density at radius 1 is 1.11 bits per heavy atom. The smallest absolute Gasteiger partial charge is 0.0833 e. The standard InChI is InChI=1S/C4H7Br4N/c5-2(1-9)3(6)4(7)8/h2-4H,1,9H2. The van der Waals surface area contributed by atoms with E-state index >= 15 is 0 Å². The molecule has 2 N–H and O–H groups in total. The van der Waals surface area contributed by atoms with Gasteiger partial charge in [-0.1, -0.05) is 63.7 Å². The zero-order valence-corrected chi connectivity index (χ0v) is 10.9. The molecule has 0 spiro atoms. The van der Waals surface area contributed by atoms with Gasteiger partial charge in [-0.25, -0.2) is 0 Å². The molecule has 0 aromatic carbocycles. The van der Waals surface area contributed by atoms with E-state index < -0.39 is 0 Å². The van der Waals surface area contributed by atoms with Crippen LogP contribution in [0, 0.1) is 0 Å². The predicted octanol–water partition coefficient (Wildman–Crippen LogP) is 2.59. The SMILES string of the molecule is NCC(Br)C(Br)C(Br)Br. The summed E-state index contributed by atoms with van der Waals surface area (Å²) in [7, 11) is 0. The summed E-state index contributed by atoms with van der Waals surface area (Å²) in [5.41, 5.74) is 5.39. The van der Waals surface area contributed by atoms with Gasteiger partial charge < -0.3 is 5.73 Å². The lowest BCUT2D eigenvalue weighted by atomic mass is 10.3. The van der Waals surface area contributed by atoms with Crippen molar-refractivity contribution in [1.82, 2.24) is 0 Å². The number of halogens is 4. The molecule has 9 heavy (non-hydrogen) atoms. The Morgan fingerprint density at radius 3 is 1.67 bits per heavy atom. The summed E-state index contributed by atoms with van der Waals surface area (Å²) in [6, 6.07) is 0. The summed E-state index contributed by atoms with van der Waals surface area (Å²) in [5, 5.41) is 0. The third-order valence-corrected chi connectivity index (χ3v) is 6.19. The van der Waals surface area contributed by atoms with Gasteiger partial charge in [0.15, 0.2) is 0 Å². The van der Waals surface area contributed by atoms with Crippen molar-refractivity contribution in [2.24, 2.45) is 5.73 Å². The largest absolute Gasteiger partial charge is 0.329 e. The summed E-state index contributed by atoms with van der Waals surface area (Å²) in [6.45, 7) is 0.629. The van der Waals surface area contributed by atoms with Crippen molar-refractivity contribution in [1.29, 1.82) is 0 Å². The maximum atomic E-state index is 5.39. The number of nitrogens with two attached hydrogens (primary N) is 1. The van der Waals surface area contributed by atoms with E-state index in [1.807, 2.05) is 0 Å². The van der Waals surface area contributed by atoms with Crippen LogP contribution in [0.2, 0.25) is 0 Å². The van der Waals surface area contributed by atoms with Crippen molar-refractivity contribution in [3.05, 3.63) is 0 Å². The fraction of sp³-hybridized carbons (Fsp3) is 1.00. The lowest BCUT2D eigenvalue weighted by Crippen LogP contribution is -2.27. The number of alkyl halides is 4. The Balaban J connectivity index is 3.58. The molecule has 2 unspecified atom stereocenters. The van der Waals surface area contributed by atoms with Crippen LogP contribution in [0.5, 0.6) is 0 Å². The molecule has 1 nitrogen and oxygen atoms in total. The molecule has 5 heteroatoms. The zero-order valence-electron chi connectivity index (χ0n) is 4.53. The molecule has 0 aliphatic carbocycles. The van der Waals surface area contributed by atoms with Gasteiger partial charge in [0.05, 0.1) is 8.56 Å². The van der Waals surface area contributed by atoms with E-state index in [-0.39, 0.29) is 3.74 Å². The van der Waals surface area contributed by atoms with Crippen molar-refractivity contribution in [3.8, 4) is 0 Å². The van der Waals surface area contributed by atoms with Crippen molar-refractivity contribution < 1.29 is 0 Å². The minimum Gasteiger partial charge on any atom is -0.329 e. The van der Waals surface area contributed by atoms with E-state index in [1.165, 1.54) is 0 Å². The zero-order chi connectivity index (χ0) is 7.44. The van der Waals surface area contributed by atoms with Crippen LogP contribution in [-0.4, -0.2) is 19.9 Å². The van der Waals surface area contributed by atoms with Crippen LogP contribution in [0.4, 0.5) is 0 Å². The Kier molecular flexibility index (Phi) is 6.67. The van der Waals surface area contributed by atoms with Gasteiger partial charge >= 0.3 is 0 Å². The fourth-order valence-corrected chi connectivity index (χ4v) is 2.36. The van der Waals surface area contributed by atoms with Crippen LogP contribution >= 0.6 is 63.7 Å². The highest BCUT2D eigenvalue weighted by molar-refractivity contribution is 9.25. The van der Waals surface area contributed by atoms with Gasteiger partial charge in [0, 0.05) is 11.4 Å². The molecule has 0 radical (unpaired) electrons. The van der Waals surface area contributed by atoms with Gasteiger partial charge in [0.25, 0.3) is 0 Å². The fourth-order valence-electron chi connectivity index (χ4n) is 0.288. The van der Waals surface area contributed by atoms with Crippen molar-refractivity contribution in [3.63, 3.8) is 0 Å². The first-order valence-electron chi connectivity index (χ1n) is 2.36. The highest BCUT2D eigenvalue weighted by Gasteiger charge is 2.19. The van der Waals surface area contributed by atoms with E-state index in [4.69, 9.17) is 5.73 Å². The van der Waals surface area contributed by atoms with E-state index in [9.17, 15) is 0 Å². The molecule has 0 amide bonds. The molecule has 0 fully saturated rings. The molecule has 0 aliphatic rings. The summed E-state index contributed by atoms with van der Waals surface area (Å²) >= 11 is 13.6. The minimum absolute atomic E-state index is 0.262. The molecule has 0 aromatic rings. The summed E-state index contributed by atoms with van der Waals surface area (Å²) in [6.07, 6.45) is 0. The Labute approximate surface area is 88.6 Å². The average molecular weight is 389 g/mol. The molecular formula is C4H7Br4N. The second-order valence-corrected chi connectivity index (χ2v) is 6.97. The second kappa shape index (κ2) is 5.52. The lowest BCUT2D eigenvalue weighted by Gasteiger charge is -2.15. The van der Waals surface area contributed by atoms with Crippen LogP contribution in [0.1, 0.15) is 0 Å². The minimum atomic E-state index is 0.262. The number of rotatable bonds is 3. The van der Waals surface area contributed by atoms with Gasteiger partial charge in [0.1, 0.15) is 0 Å². The Hall–Kier alpha value is 1.88. The van der Waals surface area contributed by atoms with Gasteiger partial charge in [-0.05, 0) is 0 Å². The molecular weight excluding hydrogens is 382 g/mol. The average Bonchev–Trinajstić information content (AvgIpc) is 1.84. The van der Waals surface area contributed by atoms with Gasteiger partial charge in [0.2, 0.25) is 0 Å². The van der Waals surface area contributed by atoms with E-state index in [2.05, 4.69) is 63.7 Å². The maximum Gasteiger partial charge on any atom is 0.0833 e. The van der Waals surface area contributed by atoms with Gasteiger partial charge in [-0.3, -0.25) is 0 Å². The summed E-state index contributed by atoms with van der Waals surface area (Å²) < 4.78 is 0.262. The molecule has 0 aromatic heterocycles. The lowest BCUT2D eigenvalue weighted by molar-refractivity contribution is 0.866. The normalized spacial score (nSPS) is 18.0. The maximum absolute atomic E-state index is 5.39. The predicted molar refractivity (Wildman–Crippen MR) is 56.1 cm³/mol. The van der Waals surface area contributed by atoms with Crippen LogP contribution in [0.15, 0.2) is 0 Å². The van der Waals surface area contributed by atoms with E-state index in [1.54, 1.807) is 0 Å². The van der Waals surface area contributed by atoms with Crippen LogP contribution < -0.4 is 5.73 Å². The third-order valence-electron chi connectivity index (χ3n) is 0.811. The quantitative estimate of drug-likeness (QED) is 0.739. The van der Waals surface area contributed by atoms with Crippen molar-refractivity contribution >= 4 is 63.7 Å². The first kappa shape index (κ1) is 10.9. The topological polar surface area (TPSA) is 26.0 Å². The third kappa shape index (κ3) is 4.35. The van der Waals surface area contributed by atoms with Crippen molar-refractivity contribution in [2.75, 3.05) is 6.54 Å². The molecule has 0 saturated carbocycles. The van der Waals surface area contributed by atoms with Gasteiger partial charge in [-0.15, -0.1) is 0 Å². The number of hydrogen-bond acceptors (Lipinski definition) is 1. The van der Waals surface area contributed by atoms with Crippen LogP contribution in [0.3, 0.4) is 0 Å². The van der Waals surface area contributed by atoms with Gasteiger partial charge in [-0.2, -0.15) is 0 Å². The molecule has 2 atom stereocenters. The van der Waals surface area contributed by atoms with E-state index in [0.717, 1.165) is 0 Å². The molecule has 0 bridgehead atoms. The van der Waals surface area contributed by atoms with Crippen LogP contribution in [0.25, 0.3) is 0 Å². The molecule has 0 aliphatic heterocycles. The summed E-state index contributed by atoms with van der Waals surface area (Å²) in [5.74, 6) is 0. The highest BCUT2D eigenvalue weighted by atomic mass is 79.9. The van der Waals surface area contributed by atoms with Crippen molar-refractivity contribution in [2.45, 2.75) is 13.4 Å². The van der Waals surface area contributed by atoms with Crippen LogP contribution in [-0.2, 0) is 0 Å². The van der Waals surface area contributed by atoms with E-state index in [0.29, 0.717) is 16.2 Å². The highest BCUT2D eigenvalue weighted by Crippen LogP contribution is 2.26. The molecule has 0 saturated heterocycles. The first-order chi connectivity index (χ1) is 4.09. The Bertz CT molecular complexity index is 77.0. The summed E-state index contributed by atoms with van der Waals surface area (Å²) in [4.78, 5) is 0.628. The number of hydrogen-bond donors (Lipinski definition) is 1. The molecule has 0 rings (SSSR count). The first-order valence-corrected chi connectivity index (χ1v) is 6.02. The second-order valence-electron chi connectivity index (χ2n) is 1.53. The molecule has 0 heterocycles. The monoisotopic (exact) mass is 385 g/mol. The molecule has 56 valence electrons. The Morgan fingerprint density at radius 2 is 1.56 bits per heavy atom.